The molecule has 0 aliphatic carbocycles. The molecule has 2 aromatic heterocycles. The van der Waals surface area contributed by atoms with Crippen LogP contribution in [0.15, 0.2) is 12.4 Å². The summed E-state index contributed by atoms with van der Waals surface area (Å²) in [4.78, 5) is 18.8. The summed E-state index contributed by atoms with van der Waals surface area (Å²) >= 11 is 5.85. The van der Waals surface area contributed by atoms with Crippen LogP contribution in [0.5, 0.6) is 5.88 Å². The van der Waals surface area contributed by atoms with Crippen LogP contribution in [0.25, 0.3) is 5.65 Å². The Morgan fingerprint density at radius 3 is 2.88 bits per heavy atom. The van der Waals surface area contributed by atoms with Crippen molar-refractivity contribution in [3.63, 3.8) is 0 Å². The fraction of sp³-hybridized carbons (Fsp3) is 0.300. The van der Waals surface area contributed by atoms with Crippen LogP contribution in [0.1, 0.15) is 25.5 Å². The highest BCUT2D eigenvalue weighted by atomic mass is 35.5. The van der Waals surface area contributed by atoms with E-state index in [2.05, 4.69) is 9.97 Å². The number of halogens is 1. The van der Waals surface area contributed by atoms with Crippen molar-refractivity contribution in [1.29, 1.82) is 0 Å². The Kier molecular flexibility index (Phi) is 2.89. The highest BCUT2D eigenvalue weighted by Gasteiger charge is 2.15. The van der Waals surface area contributed by atoms with E-state index in [1.54, 1.807) is 16.8 Å². The lowest BCUT2D eigenvalue weighted by molar-refractivity contribution is 0.209. The maximum atomic E-state index is 10.7. The lowest BCUT2D eigenvalue weighted by atomic mass is 10.1. The maximum absolute atomic E-state index is 10.7. The third-order valence-electron chi connectivity index (χ3n) is 2.25. The summed E-state index contributed by atoms with van der Waals surface area (Å²) in [5, 5.41) is 0.202. The number of hydrogen-bond acceptors (Lipinski definition) is 4. The predicted octanol–water partition coefficient (Wildman–Crippen LogP) is 1.96. The van der Waals surface area contributed by atoms with Crippen LogP contribution in [0, 0.1) is 0 Å². The SMILES string of the molecule is CC(C)c1cnc2c(OC(N)=O)nc(Cl)cn12. The molecule has 2 heterocycles. The van der Waals surface area contributed by atoms with Crippen molar-refractivity contribution >= 4 is 23.3 Å². The number of aromatic nitrogens is 3. The number of ether oxygens (including phenoxy) is 1. The second kappa shape index (κ2) is 4.21. The molecule has 0 aliphatic rings. The molecular weight excluding hydrogens is 244 g/mol. The molecule has 17 heavy (non-hydrogen) atoms. The summed E-state index contributed by atoms with van der Waals surface area (Å²) in [7, 11) is 0. The second-order valence-electron chi connectivity index (χ2n) is 3.82. The third kappa shape index (κ3) is 2.16. The fourth-order valence-electron chi connectivity index (χ4n) is 1.54. The average Bonchev–Trinajstić information content (AvgIpc) is 2.59. The van der Waals surface area contributed by atoms with Crippen molar-refractivity contribution in [1.82, 2.24) is 14.4 Å². The molecule has 0 aromatic carbocycles. The molecule has 2 aromatic rings. The van der Waals surface area contributed by atoms with Gasteiger partial charge in [-0.15, -0.1) is 0 Å². The molecule has 90 valence electrons. The van der Waals surface area contributed by atoms with E-state index in [0.29, 0.717) is 5.65 Å². The Labute approximate surface area is 102 Å². The molecule has 0 fully saturated rings. The quantitative estimate of drug-likeness (QED) is 0.888. The molecule has 0 unspecified atom stereocenters. The van der Waals surface area contributed by atoms with Crippen LogP contribution in [0.3, 0.4) is 0 Å². The number of primary amides is 1. The first kappa shape index (κ1) is 11.7. The Morgan fingerprint density at radius 1 is 1.59 bits per heavy atom. The predicted molar refractivity (Wildman–Crippen MR) is 62.3 cm³/mol. The van der Waals surface area contributed by atoms with Crippen molar-refractivity contribution < 1.29 is 9.53 Å². The Bertz CT molecular complexity index is 579. The van der Waals surface area contributed by atoms with Gasteiger partial charge >= 0.3 is 6.09 Å². The summed E-state index contributed by atoms with van der Waals surface area (Å²) in [5.41, 5.74) is 6.31. The summed E-state index contributed by atoms with van der Waals surface area (Å²) in [6.07, 6.45) is 2.36. The van der Waals surface area contributed by atoms with Crippen LogP contribution in [0.4, 0.5) is 4.79 Å². The first-order valence-corrected chi connectivity index (χ1v) is 5.37. The number of nitrogens with zero attached hydrogens (tertiary/aromatic N) is 3. The zero-order chi connectivity index (χ0) is 12.6. The lowest BCUT2D eigenvalue weighted by Crippen LogP contribution is -2.17. The van der Waals surface area contributed by atoms with E-state index < -0.39 is 6.09 Å². The molecule has 0 bridgehead atoms. The number of amides is 1. The Morgan fingerprint density at radius 2 is 2.29 bits per heavy atom. The normalized spacial score (nSPS) is 11.1. The maximum Gasteiger partial charge on any atom is 0.411 e. The number of fused-ring (bicyclic) bond motifs is 1. The van der Waals surface area contributed by atoms with Gasteiger partial charge in [0.05, 0.1) is 0 Å². The monoisotopic (exact) mass is 254 g/mol. The highest BCUT2D eigenvalue weighted by Crippen LogP contribution is 2.24. The Hall–Kier alpha value is -1.82. The van der Waals surface area contributed by atoms with E-state index in [9.17, 15) is 4.79 Å². The smallest absolute Gasteiger partial charge is 0.387 e. The number of imidazole rings is 1. The number of carbonyl (C=O) groups excluding carboxylic acids is 1. The number of nitrogens with two attached hydrogens (primary N) is 1. The minimum atomic E-state index is -0.948. The fourth-order valence-corrected chi connectivity index (χ4v) is 1.72. The van der Waals surface area contributed by atoms with Gasteiger partial charge in [-0.25, -0.2) is 9.78 Å². The van der Waals surface area contributed by atoms with E-state index in [-0.39, 0.29) is 17.0 Å². The molecule has 0 atom stereocenters. The molecule has 2 rings (SSSR count). The zero-order valence-electron chi connectivity index (χ0n) is 9.35. The van der Waals surface area contributed by atoms with Crippen LogP contribution in [-0.4, -0.2) is 20.5 Å². The van der Waals surface area contributed by atoms with E-state index in [4.69, 9.17) is 22.1 Å². The first-order chi connectivity index (χ1) is 7.99. The van der Waals surface area contributed by atoms with E-state index in [1.807, 2.05) is 13.8 Å². The average molecular weight is 255 g/mol. The van der Waals surface area contributed by atoms with Crippen molar-refractivity contribution in [2.24, 2.45) is 5.73 Å². The zero-order valence-corrected chi connectivity index (χ0v) is 10.1. The van der Waals surface area contributed by atoms with Crippen LogP contribution >= 0.6 is 11.6 Å². The van der Waals surface area contributed by atoms with Crippen molar-refractivity contribution in [2.75, 3.05) is 0 Å². The summed E-state index contributed by atoms with van der Waals surface area (Å²) in [6, 6.07) is 0. The molecule has 0 saturated carbocycles. The van der Waals surface area contributed by atoms with Crippen molar-refractivity contribution in [3.8, 4) is 5.88 Å². The first-order valence-electron chi connectivity index (χ1n) is 5.00. The molecule has 6 nitrogen and oxygen atoms in total. The second-order valence-corrected chi connectivity index (χ2v) is 4.21. The van der Waals surface area contributed by atoms with E-state index in [1.165, 1.54) is 0 Å². The van der Waals surface area contributed by atoms with Crippen LogP contribution < -0.4 is 10.5 Å². The highest BCUT2D eigenvalue weighted by molar-refractivity contribution is 6.29. The summed E-state index contributed by atoms with van der Waals surface area (Å²) in [5.74, 6) is 0.266. The van der Waals surface area contributed by atoms with Gasteiger partial charge in [0.25, 0.3) is 5.88 Å². The van der Waals surface area contributed by atoms with Gasteiger partial charge in [-0.2, -0.15) is 4.98 Å². The summed E-state index contributed by atoms with van der Waals surface area (Å²) in [6.45, 7) is 4.04. The van der Waals surface area contributed by atoms with Crippen molar-refractivity contribution in [3.05, 3.63) is 23.2 Å². The molecule has 0 spiro atoms. The van der Waals surface area contributed by atoms with Gasteiger partial charge in [0.2, 0.25) is 5.65 Å². The third-order valence-corrected chi connectivity index (χ3v) is 2.43. The lowest BCUT2D eigenvalue weighted by Gasteiger charge is -2.07. The number of rotatable bonds is 2. The van der Waals surface area contributed by atoms with E-state index >= 15 is 0 Å². The molecule has 2 N–H and O–H groups in total. The number of hydrogen-bond donors (Lipinski definition) is 1. The minimum Gasteiger partial charge on any atom is -0.387 e. The largest absolute Gasteiger partial charge is 0.411 e. The van der Waals surface area contributed by atoms with E-state index in [0.717, 1.165) is 5.69 Å². The van der Waals surface area contributed by atoms with Gasteiger partial charge in [0, 0.05) is 18.1 Å². The van der Waals surface area contributed by atoms with Crippen molar-refractivity contribution in [2.45, 2.75) is 19.8 Å². The van der Waals surface area contributed by atoms with Crippen LogP contribution in [-0.2, 0) is 0 Å². The van der Waals surface area contributed by atoms with Gasteiger partial charge in [-0.3, -0.25) is 4.40 Å². The molecule has 1 amide bonds. The van der Waals surface area contributed by atoms with Crippen LogP contribution in [0.2, 0.25) is 5.15 Å². The van der Waals surface area contributed by atoms with Gasteiger partial charge in [0.1, 0.15) is 5.15 Å². The minimum absolute atomic E-state index is 0.0110. The van der Waals surface area contributed by atoms with Gasteiger partial charge in [-0.05, 0) is 5.92 Å². The molecule has 7 heteroatoms. The van der Waals surface area contributed by atoms with Gasteiger partial charge < -0.3 is 10.5 Å². The number of carbonyl (C=O) groups is 1. The summed E-state index contributed by atoms with van der Waals surface area (Å²) < 4.78 is 6.50. The molecule has 0 aliphatic heterocycles. The molecular formula is C10H11ClN4O2. The molecule has 0 saturated heterocycles. The van der Waals surface area contributed by atoms with Gasteiger partial charge in [0.15, 0.2) is 0 Å². The topological polar surface area (TPSA) is 82.5 Å². The molecule has 0 radical (unpaired) electrons. The Balaban J connectivity index is 2.65. The van der Waals surface area contributed by atoms with Gasteiger partial charge in [-0.1, -0.05) is 25.4 Å². The standard InChI is InChI=1S/C10H11ClN4O2/c1-5(2)6-3-13-8-9(17-10(12)16)14-7(11)4-15(6)8/h3-5H,1-2H3,(H2,12,16).